The van der Waals surface area contributed by atoms with E-state index in [1.807, 2.05) is 0 Å². The SMILES string of the molecule is O=C([O-])COc1ccc(/C=C2/NC(=O)N(Cc3ccccc3F)C2=O)cc1. The van der Waals surface area contributed by atoms with Gasteiger partial charge in [0.25, 0.3) is 5.91 Å². The minimum atomic E-state index is -1.34. The Morgan fingerprint density at radius 1 is 1.15 bits per heavy atom. The fourth-order valence-electron chi connectivity index (χ4n) is 2.48. The van der Waals surface area contributed by atoms with Crippen molar-refractivity contribution in [2.45, 2.75) is 6.54 Å². The third kappa shape index (κ3) is 4.30. The van der Waals surface area contributed by atoms with Crippen molar-refractivity contribution in [3.63, 3.8) is 0 Å². The number of carbonyl (C=O) groups excluding carboxylic acids is 3. The zero-order chi connectivity index (χ0) is 19.4. The number of aliphatic carboxylic acids is 1. The first-order chi connectivity index (χ1) is 12.9. The van der Waals surface area contributed by atoms with Gasteiger partial charge in [0.15, 0.2) is 0 Å². The van der Waals surface area contributed by atoms with Gasteiger partial charge in [-0.1, -0.05) is 30.3 Å². The summed E-state index contributed by atoms with van der Waals surface area (Å²) in [5.74, 6) is -2.08. The van der Waals surface area contributed by atoms with Crippen LogP contribution in [0.1, 0.15) is 11.1 Å². The number of hydrogen-bond donors (Lipinski definition) is 1. The van der Waals surface area contributed by atoms with Gasteiger partial charge in [-0.05, 0) is 29.8 Å². The normalized spacial score (nSPS) is 15.1. The number of urea groups is 1. The van der Waals surface area contributed by atoms with E-state index >= 15 is 0 Å². The predicted molar refractivity (Wildman–Crippen MR) is 90.4 cm³/mol. The number of amides is 3. The van der Waals surface area contributed by atoms with Crippen LogP contribution in [0.4, 0.5) is 9.18 Å². The standard InChI is InChI=1S/C19H15FN2O5/c20-15-4-2-1-3-13(15)10-22-18(25)16(21-19(22)26)9-12-5-7-14(8-6-12)27-11-17(23)24/h1-9H,10-11H2,(H,21,26)(H,23,24)/p-1/b16-9+. The van der Waals surface area contributed by atoms with E-state index in [0.29, 0.717) is 11.3 Å². The molecule has 0 aromatic heterocycles. The Labute approximate surface area is 153 Å². The van der Waals surface area contributed by atoms with Crippen molar-refractivity contribution in [1.29, 1.82) is 0 Å². The lowest BCUT2D eigenvalue weighted by Crippen LogP contribution is -2.30. The van der Waals surface area contributed by atoms with Crippen LogP contribution >= 0.6 is 0 Å². The molecule has 0 atom stereocenters. The van der Waals surface area contributed by atoms with Crippen LogP contribution in [-0.4, -0.2) is 29.4 Å². The molecule has 0 spiro atoms. The molecular weight excluding hydrogens is 355 g/mol. The Morgan fingerprint density at radius 3 is 2.52 bits per heavy atom. The number of carbonyl (C=O) groups is 3. The van der Waals surface area contributed by atoms with Gasteiger partial charge in [0.2, 0.25) is 0 Å². The topological polar surface area (TPSA) is 98.8 Å². The molecule has 7 nitrogen and oxygen atoms in total. The highest BCUT2D eigenvalue weighted by atomic mass is 19.1. The summed E-state index contributed by atoms with van der Waals surface area (Å²) < 4.78 is 18.7. The van der Waals surface area contributed by atoms with Gasteiger partial charge in [-0.25, -0.2) is 9.18 Å². The summed E-state index contributed by atoms with van der Waals surface area (Å²) >= 11 is 0. The number of rotatable bonds is 6. The fraction of sp³-hybridized carbons (Fsp3) is 0.105. The van der Waals surface area contributed by atoms with Gasteiger partial charge >= 0.3 is 6.03 Å². The maximum absolute atomic E-state index is 13.8. The number of halogens is 1. The largest absolute Gasteiger partial charge is 0.546 e. The fourth-order valence-corrected chi connectivity index (χ4v) is 2.48. The number of carboxylic acid groups (broad SMARTS) is 1. The molecule has 0 unspecified atom stereocenters. The van der Waals surface area contributed by atoms with Crippen LogP contribution in [0.25, 0.3) is 6.08 Å². The van der Waals surface area contributed by atoms with Gasteiger partial charge in [-0.15, -0.1) is 0 Å². The Hall–Kier alpha value is -3.68. The molecule has 0 radical (unpaired) electrons. The van der Waals surface area contributed by atoms with Crippen LogP contribution < -0.4 is 15.2 Å². The van der Waals surface area contributed by atoms with Gasteiger partial charge in [0.05, 0.1) is 12.5 Å². The highest BCUT2D eigenvalue weighted by Gasteiger charge is 2.33. The monoisotopic (exact) mass is 369 g/mol. The molecule has 8 heteroatoms. The van der Waals surface area contributed by atoms with E-state index in [1.54, 1.807) is 18.2 Å². The van der Waals surface area contributed by atoms with Crippen molar-refractivity contribution in [2.24, 2.45) is 0 Å². The van der Waals surface area contributed by atoms with Gasteiger partial charge in [0, 0.05) is 5.56 Å². The van der Waals surface area contributed by atoms with Gasteiger partial charge in [-0.2, -0.15) is 0 Å². The molecule has 0 bridgehead atoms. The molecule has 1 fully saturated rings. The second-order valence-corrected chi connectivity index (χ2v) is 5.70. The summed E-state index contributed by atoms with van der Waals surface area (Å²) in [5.41, 5.74) is 0.878. The Balaban J connectivity index is 1.72. The first kappa shape index (κ1) is 18.1. The zero-order valence-corrected chi connectivity index (χ0v) is 14.0. The predicted octanol–water partition coefficient (Wildman–Crippen LogP) is 1.05. The smallest absolute Gasteiger partial charge is 0.329 e. The van der Waals surface area contributed by atoms with Crippen molar-refractivity contribution in [1.82, 2.24) is 10.2 Å². The lowest BCUT2D eigenvalue weighted by Gasteiger charge is -2.12. The van der Waals surface area contributed by atoms with Crippen LogP contribution in [0.15, 0.2) is 54.2 Å². The van der Waals surface area contributed by atoms with Crippen LogP contribution in [0.2, 0.25) is 0 Å². The lowest BCUT2D eigenvalue weighted by molar-refractivity contribution is -0.307. The van der Waals surface area contributed by atoms with Crippen LogP contribution in [0.3, 0.4) is 0 Å². The maximum atomic E-state index is 13.8. The molecule has 1 aliphatic rings. The molecule has 27 heavy (non-hydrogen) atoms. The first-order valence-electron chi connectivity index (χ1n) is 7.94. The summed E-state index contributed by atoms with van der Waals surface area (Å²) in [6.45, 7) is -0.745. The van der Waals surface area contributed by atoms with E-state index in [2.05, 4.69) is 5.32 Å². The van der Waals surface area contributed by atoms with E-state index in [0.717, 1.165) is 4.90 Å². The molecule has 138 valence electrons. The van der Waals surface area contributed by atoms with Crippen molar-refractivity contribution >= 4 is 24.0 Å². The highest BCUT2D eigenvalue weighted by Crippen LogP contribution is 2.19. The average molecular weight is 369 g/mol. The summed E-state index contributed by atoms with van der Waals surface area (Å²) in [7, 11) is 0. The summed E-state index contributed by atoms with van der Waals surface area (Å²) in [5, 5.41) is 12.8. The summed E-state index contributed by atoms with van der Waals surface area (Å²) in [6.07, 6.45) is 1.46. The number of benzene rings is 2. The lowest BCUT2D eigenvalue weighted by atomic mass is 10.1. The number of nitrogens with zero attached hydrogens (tertiary/aromatic N) is 1. The number of carboxylic acids is 1. The number of imide groups is 1. The molecule has 3 amide bonds. The number of nitrogens with one attached hydrogen (secondary N) is 1. The molecular formula is C19H14FN2O5-. The molecule has 1 saturated heterocycles. The second-order valence-electron chi connectivity index (χ2n) is 5.70. The number of ether oxygens (including phenoxy) is 1. The molecule has 2 aromatic carbocycles. The Kier molecular flexibility index (Phi) is 5.16. The zero-order valence-electron chi connectivity index (χ0n) is 14.0. The molecule has 1 aliphatic heterocycles. The average Bonchev–Trinajstić information content (AvgIpc) is 2.90. The van der Waals surface area contributed by atoms with Gasteiger partial charge in [0.1, 0.15) is 23.9 Å². The van der Waals surface area contributed by atoms with Gasteiger partial charge < -0.3 is 20.0 Å². The molecule has 2 aromatic rings. The Morgan fingerprint density at radius 2 is 1.85 bits per heavy atom. The second kappa shape index (κ2) is 7.69. The van der Waals surface area contributed by atoms with Crippen molar-refractivity contribution < 1.29 is 28.6 Å². The van der Waals surface area contributed by atoms with E-state index in [4.69, 9.17) is 4.74 Å². The summed E-state index contributed by atoms with van der Waals surface area (Å²) in [6, 6.07) is 11.5. The molecule has 0 saturated carbocycles. The van der Waals surface area contributed by atoms with Crippen molar-refractivity contribution in [2.75, 3.05) is 6.61 Å². The maximum Gasteiger partial charge on any atom is 0.329 e. The van der Waals surface area contributed by atoms with E-state index in [9.17, 15) is 23.9 Å². The van der Waals surface area contributed by atoms with Crippen molar-refractivity contribution in [3.05, 3.63) is 71.2 Å². The third-order valence-electron chi connectivity index (χ3n) is 3.80. The van der Waals surface area contributed by atoms with Crippen LogP contribution in [0, 0.1) is 5.82 Å². The molecule has 1 heterocycles. The first-order valence-corrected chi connectivity index (χ1v) is 7.94. The van der Waals surface area contributed by atoms with Crippen molar-refractivity contribution in [3.8, 4) is 5.75 Å². The minimum Gasteiger partial charge on any atom is -0.546 e. The quantitative estimate of drug-likeness (QED) is 0.606. The van der Waals surface area contributed by atoms with E-state index in [1.165, 1.54) is 36.4 Å². The van der Waals surface area contributed by atoms with Crippen LogP contribution in [-0.2, 0) is 16.1 Å². The van der Waals surface area contributed by atoms with E-state index in [-0.39, 0.29) is 17.8 Å². The molecule has 3 rings (SSSR count). The minimum absolute atomic E-state index is 0.0553. The Bertz CT molecular complexity index is 924. The number of hydrogen-bond acceptors (Lipinski definition) is 5. The highest BCUT2D eigenvalue weighted by molar-refractivity contribution is 6.13. The van der Waals surface area contributed by atoms with Gasteiger partial charge in [-0.3, -0.25) is 9.69 Å². The summed E-state index contributed by atoms with van der Waals surface area (Å²) in [4.78, 5) is 35.8. The third-order valence-corrected chi connectivity index (χ3v) is 3.80. The van der Waals surface area contributed by atoms with Crippen LogP contribution in [0.5, 0.6) is 5.75 Å². The molecule has 1 N–H and O–H groups in total. The molecule has 0 aliphatic carbocycles. The van der Waals surface area contributed by atoms with E-state index < -0.39 is 30.3 Å².